The number of benzene rings is 1. The Morgan fingerprint density at radius 2 is 1.86 bits per heavy atom. The highest BCUT2D eigenvalue weighted by molar-refractivity contribution is 6.30. The van der Waals surface area contributed by atoms with Crippen LogP contribution in [-0.2, 0) is 24.2 Å². The number of aryl methyl sites for hydroxylation is 1. The average molecular weight is 413 g/mol. The molecule has 3 aromatic rings. The van der Waals surface area contributed by atoms with Crippen molar-refractivity contribution in [3.05, 3.63) is 70.1 Å². The Balaban J connectivity index is 1.42. The van der Waals surface area contributed by atoms with E-state index in [-0.39, 0.29) is 5.91 Å². The van der Waals surface area contributed by atoms with Crippen LogP contribution in [0.1, 0.15) is 34.2 Å². The predicted molar refractivity (Wildman–Crippen MR) is 113 cm³/mol. The Kier molecular flexibility index (Phi) is 6.13. The van der Waals surface area contributed by atoms with E-state index in [1.165, 1.54) is 5.56 Å². The molecule has 29 heavy (non-hydrogen) atoms. The van der Waals surface area contributed by atoms with Crippen LogP contribution in [-0.4, -0.2) is 46.5 Å². The number of imidazole rings is 1. The third-order valence-electron chi connectivity index (χ3n) is 5.19. The molecular weight excluding hydrogens is 388 g/mol. The molecule has 1 amide bonds. The van der Waals surface area contributed by atoms with Gasteiger partial charge < -0.3 is 10.1 Å². The number of carbonyl (C=O) groups excluding carboxylic acids is 1. The van der Waals surface area contributed by atoms with Crippen LogP contribution in [0.2, 0.25) is 5.02 Å². The van der Waals surface area contributed by atoms with Crippen molar-refractivity contribution in [1.29, 1.82) is 0 Å². The Morgan fingerprint density at radius 3 is 2.59 bits per heavy atom. The van der Waals surface area contributed by atoms with E-state index in [0.717, 1.165) is 49.8 Å². The highest BCUT2D eigenvalue weighted by atomic mass is 35.5. The molecule has 1 saturated heterocycles. The number of nitrogens with one attached hydrogen (secondary N) is 1. The fourth-order valence-electron chi connectivity index (χ4n) is 3.60. The minimum atomic E-state index is -0.144. The van der Waals surface area contributed by atoms with E-state index in [0.29, 0.717) is 23.7 Å². The van der Waals surface area contributed by atoms with Gasteiger partial charge in [0.05, 0.1) is 23.9 Å². The van der Waals surface area contributed by atoms with Crippen molar-refractivity contribution < 1.29 is 9.53 Å². The van der Waals surface area contributed by atoms with Gasteiger partial charge in [-0.2, -0.15) is 0 Å². The molecule has 1 aromatic carbocycles. The van der Waals surface area contributed by atoms with Crippen molar-refractivity contribution >= 4 is 23.2 Å². The van der Waals surface area contributed by atoms with Gasteiger partial charge in [0.25, 0.3) is 5.91 Å². The molecule has 1 N–H and O–H groups in total. The topological polar surface area (TPSA) is 58.9 Å². The van der Waals surface area contributed by atoms with Gasteiger partial charge in [-0.15, -0.1) is 0 Å². The van der Waals surface area contributed by atoms with E-state index < -0.39 is 0 Å². The van der Waals surface area contributed by atoms with Crippen LogP contribution in [0.25, 0.3) is 5.65 Å². The molecule has 0 radical (unpaired) electrons. The molecule has 6 nitrogen and oxygen atoms in total. The van der Waals surface area contributed by atoms with Gasteiger partial charge in [-0.3, -0.25) is 14.1 Å². The number of hydrogen-bond donors (Lipinski definition) is 1. The summed E-state index contributed by atoms with van der Waals surface area (Å²) < 4.78 is 7.16. The number of ether oxygens (including phenoxy) is 1. The van der Waals surface area contributed by atoms with E-state index in [1.807, 2.05) is 13.0 Å². The Hall–Kier alpha value is -2.41. The maximum absolute atomic E-state index is 12.9. The van der Waals surface area contributed by atoms with Crippen LogP contribution < -0.4 is 5.32 Å². The summed E-state index contributed by atoms with van der Waals surface area (Å²) in [6.07, 6.45) is 2.41. The van der Waals surface area contributed by atoms with Crippen molar-refractivity contribution in [1.82, 2.24) is 19.6 Å². The average Bonchev–Trinajstić information content (AvgIpc) is 3.11. The van der Waals surface area contributed by atoms with E-state index in [2.05, 4.69) is 39.5 Å². The van der Waals surface area contributed by atoms with Crippen LogP contribution in [0, 0.1) is 0 Å². The van der Waals surface area contributed by atoms with Crippen LogP contribution in [0.4, 0.5) is 0 Å². The molecule has 3 heterocycles. The third-order valence-corrected chi connectivity index (χ3v) is 5.41. The summed E-state index contributed by atoms with van der Waals surface area (Å²) in [5.41, 5.74) is 4.38. The molecule has 0 unspecified atom stereocenters. The Labute approximate surface area is 175 Å². The zero-order chi connectivity index (χ0) is 20.2. The summed E-state index contributed by atoms with van der Waals surface area (Å²) in [5, 5.41) is 3.59. The van der Waals surface area contributed by atoms with Gasteiger partial charge in [-0.1, -0.05) is 42.8 Å². The highest BCUT2D eigenvalue weighted by Crippen LogP contribution is 2.17. The molecule has 4 rings (SSSR count). The Bertz CT molecular complexity index is 994. The molecule has 0 spiro atoms. The SMILES string of the molecule is CCc1nc2ccc(Cl)cn2c1C(=O)NCc1ccc(CN2CCOCC2)cc1. The van der Waals surface area contributed by atoms with Gasteiger partial charge in [-0.25, -0.2) is 4.98 Å². The summed E-state index contributed by atoms with van der Waals surface area (Å²) in [4.78, 5) is 19.8. The number of rotatable bonds is 6. The molecule has 2 aromatic heterocycles. The number of aromatic nitrogens is 2. The number of amides is 1. The number of halogens is 1. The fraction of sp³-hybridized carbons (Fsp3) is 0.364. The van der Waals surface area contributed by atoms with Crippen LogP contribution in [0.5, 0.6) is 0 Å². The number of fused-ring (bicyclic) bond motifs is 1. The second-order valence-electron chi connectivity index (χ2n) is 7.22. The number of hydrogen-bond acceptors (Lipinski definition) is 4. The van der Waals surface area contributed by atoms with E-state index >= 15 is 0 Å². The fourth-order valence-corrected chi connectivity index (χ4v) is 3.76. The molecule has 7 heteroatoms. The first-order chi connectivity index (χ1) is 14.1. The first-order valence-electron chi connectivity index (χ1n) is 9.96. The van der Waals surface area contributed by atoms with Crippen molar-refractivity contribution in [3.8, 4) is 0 Å². The lowest BCUT2D eigenvalue weighted by molar-refractivity contribution is 0.0342. The first kappa shape index (κ1) is 19.9. The number of morpholine rings is 1. The standard InChI is InChI=1S/C22H25ClN4O2/c1-2-19-21(27-15-18(23)7-8-20(27)25-19)22(28)24-13-16-3-5-17(6-4-16)14-26-9-11-29-12-10-26/h3-8,15H,2,9-14H2,1H3,(H,24,28). The summed E-state index contributed by atoms with van der Waals surface area (Å²) in [6, 6.07) is 12.0. The van der Waals surface area contributed by atoms with Gasteiger partial charge in [0.1, 0.15) is 11.3 Å². The molecule has 0 aliphatic carbocycles. The number of carbonyl (C=O) groups is 1. The molecule has 0 saturated carbocycles. The molecular formula is C22H25ClN4O2. The van der Waals surface area contributed by atoms with Gasteiger partial charge in [-0.05, 0) is 29.7 Å². The molecule has 1 aliphatic heterocycles. The molecule has 0 atom stereocenters. The van der Waals surface area contributed by atoms with Crippen LogP contribution in [0.3, 0.4) is 0 Å². The van der Waals surface area contributed by atoms with Gasteiger partial charge >= 0.3 is 0 Å². The zero-order valence-electron chi connectivity index (χ0n) is 16.5. The van der Waals surface area contributed by atoms with Crippen LogP contribution >= 0.6 is 11.6 Å². The van der Waals surface area contributed by atoms with Crippen molar-refractivity contribution in [2.75, 3.05) is 26.3 Å². The number of nitrogens with zero attached hydrogens (tertiary/aromatic N) is 3. The smallest absolute Gasteiger partial charge is 0.270 e. The lowest BCUT2D eigenvalue weighted by atomic mass is 10.1. The number of pyridine rings is 1. The quantitative estimate of drug-likeness (QED) is 0.674. The lowest BCUT2D eigenvalue weighted by Gasteiger charge is -2.26. The normalized spacial score (nSPS) is 15.0. The predicted octanol–water partition coefficient (Wildman–Crippen LogP) is 3.31. The van der Waals surface area contributed by atoms with E-state index in [9.17, 15) is 4.79 Å². The summed E-state index contributed by atoms with van der Waals surface area (Å²) >= 11 is 6.11. The van der Waals surface area contributed by atoms with Crippen molar-refractivity contribution in [2.45, 2.75) is 26.4 Å². The summed E-state index contributed by atoms with van der Waals surface area (Å²) in [6.45, 7) is 6.94. The lowest BCUT2D eigenvalue weighted by Crippen LogP contribution is -2.35. The van der Waals surface area contributed by atoms with Crippen LogP contribution in [0.15, 0.2) is 42.6 Å². The first-order valence-corrected chi connectivity index (χ1v) is 10.3. The highest BCUT2D eigenvalue weighted by Gasteiger charge is 2.18. The zero-order valence-corrected chi connectivity index (χ0v) is 17.3. The maximum atomic E-state index is 12.9. The van der Waals surface area contributed by atoms with E-state index in [4.69, 9.17) is 16.3 Å². The Morgan fingerprint density at radius 1 is 1.14 bits per heavy atom. The summed E-state index contributed by atoms with van der Waals surface area (Å²) in [5.74, 6) is -0.144. The van der Waals surface area contributed by atoms with Crippen molar-refractivity contribution in [2.24, 2.45) is 0 Å². The molecule has 1 fully saturated rings. The minimum Gasteiger partial charge on any atom is -0.379 e. The van der Waals surface area contributed by atoms with Gasteiger partial charge in [0, 0.05) is 32.4 Å². The second-order valence-corrected chi connectivity index (χ2v) is 7.66. The van der Waals surface area contributed by atoms with E-state index in [1.54, 1.807) is 16.7 Å². The maximum Gasteiger partial charge on any atom is 0.270 e. The molecule has 0 bridgehead atoms. The van der Waals surface area contributed by atoms with Crippen molar-refractivity contribution in [3.63, 3.8) is 0 Å². The largest absolute Gasteiger partial charge is 0.379 e. The minimum absolute atomic E-state index is 0.144. The summed E-state index contributed by atoms with van der Waals surface area (Å²) in [7, 11) is 0. The van der Waals surface area contributed by atoms with Gasteiger partial charge in [0.15, 0.2) is 0 Å². The second kappa shape index (κ2) is 8.95. The monoisotopic (exact) mass is 412 g/mol. The molecule has 1 aliphatic rings. The third kappa shape index (κ3) is 4.61. The van der Waals surface area contributed by atoms with Gasteiger partial charge in [0.2, 0.25) is 0 Å². The molecule has 152 valence electrons.